The fourth-order valence-corrected chi connectivity index (χ4v) is 2.26. The van der Waals surface area contributed by atoms with Gasteiger partial charge in [0.15, 0.2) is 5.69 Å². The third-order valence-corrected chi connectivity index (χ3v) is 3.30. The van der Waals surface area contributed by atoms with Crippen molar-refractivity contribution in [3.8, 4) is 0 Å². The lowest BCUT2D eigenvalue weighted by molar-refractivity contribution is 0.0518. The Hall–Kier alpha value is -1.80. The average molecular weight is 281 g/mol. The van der Waals surface area contributed by atoms with E-state index < -0.39 is 5.97 Å². The molecule has 102 valence electrons. The van der Waals surface area contributed by atoms with Gasteiger partial charge in [0.1, 0.15) is 0 Å². The third kappa shape index (κ3) is 2.96. The van der Waals surface area contributed by atoms with Crippen molar-refractivity contribution in [1.29, 1.82) is 0 Å². The molecule has 0 saturated carbocycles. The molecule has 0 bridgehead atoms. The molecule has 0 fully saturated rings. The zero-order valence-electron chi connectivity index (χ0n) is 10.8. The first-order chi connectivity index (χ1) is 9.15. The van der Waals surface area contributed by atoms with E-state index in [1.54, 1.807) is 22.9 Å². The summed E-state index contributed by atoms with van der Waals surface area (Å²) in [6.07, 6.45) is 0. The summed E-state index contributed by atoms with van der Waals surface area (Å²) >= 11 is 1.56. The second-order valence-corrected chi connectivity index (χ2v) is 4.89. The van der Waals surface area contributed by atoms with Gasteiger partial charge in [0.05, 0.1) is 29.5 Å². The summed E-state index contributed by atoms with van der Waals surface area (Å²) in [5, 5.41) is 10.7. The van der Waals surface area contributed by atoms with Crippen molar-refractivity contribution in [2.24, 2.45) is 5.73 Å². The molecule has 0 aliphatic carbocycles. The molecule has 0 amide bonds. The fraction of sp³-hybridized carbons (Fsp3) is 0.455. The highest BCUT2D eigenvalue weighted by atomic mass is 32.1. The number of carbonyl (C=O) groups is 1. The van der Waals surface area contributed by atoms with E-state index in [0.717, 1.165) is 10.7 Å². The van der Waals surface area contributed by atoms with Crippen molar-refractivity contribution < 1.29 is 9.53 Å². The van der Waals surface area contributed by atoms with Crippen molar-refractivity contribution in [1.82, 2.24) is 20.0 Å². The number of nitrogens with two attached hydrogens (primary N) is 1. The number of nitrogens with zero attached hydrogens (tertiary/aromatic N) is 4. The van der Waals surface area contributed by atoms with Crippen LogP contribution in [0.5, 0.6) is 0 Å². The minimum atomic E-state index is -0.497. The molecule has 2 rings (SSSR count). The van der Waals surface area contributed by atoms with Gasteiger partial charge >= 0.3 is 5.97 Å². The largest absolute Gasteiger partial charge is 0.461 e. The van der Waals surface area contributed by atoms with Crippen LogP contribution in [0.2, 0.25) is 0 Å². The Bertz CT molecular complexity index is 577. The van der Waals surface area contributed by atoms with Crippen LogP contribution < -0.4 is 5.73 Å². The van der Waals surface area contributed by atoms with E-state index in [1.807, 2.05) is 12.3 Å². The Labute approximate surface area is 114 Å². The SMILES string of the molecule is CCOC(=O)c1nnn(Cc2csc(C)n2)c1CN. The maximum absolute atomic E-state index is 11.7. The van der Waals surface area contributed by atoms with Crippen molar-refractivity contribution >= 4 is 17.3 Å². The molecule has 0 unspecified atom stereocenters. The van der Waals surface area contributed by atoms with Crippen LogP contribution in [0.15, 0.2) is 5.38 Å². The van der Waals surface area contributed by atoms with Gasteiger partial charge in [-0.15, -0.1) is 16.4 Å². The van der Waals surface area contributed by atoms with Crippen LogP contribution in [0.4, 0.5) is 0 Å². The first kappa shape index (κ1) is 13.6. The first-order valence-electron chi connectivity index (χ1n) is 5.86. The van der Waals surface area contributed by atoms with Gasteiger partial charge in [-0.25, -0.2) is 14.5 Å². The second-order valence-electron chi connectivity index (χ2n) is 3.82. The van der Waals surface area contributed by atoms with E-state index >= 15 is 0 Å². The number of aromatic nitrogens is 4. The van der Waals surface area contributed by atoms with E-state index in [9.17, 15) is 4.79 Å². The number of rotatable bonds is 5. The highest BCUT2D eigenvalue weighted by molar-refractivity contribution is 7.09. The summed E-state index contributed by atoms with van der Waals surface area (Å²) in [5.74, 6) is -0.497. The number of hydrogen-bond donors (Lipinski definition) is 1. The summed E-state index contributed by atoms with van der Waals surface area (Å²) in [6, 6.07) is 0. The maximum atomic E-state index is 11.7. The predicted octanol–water partition coefficient (Wildman–Crippen LogP) is 0.727. The second kappa shape index (κ2) is 5.89. The Balaban J connectivity index is 2.24. The first-order valence-corrected chi connectivity index (χ1v) is 6.74. The topological polar surface area (TPSA) is 95.9 Å². The van der Waals surface area contributed by atoms with Crippen LogP contribution >= 0.6 is 11.3 Å². The summed E-state index contributed by atoms with van der Waals surface area (Å²) in [5.41, 5.74) is 7.27. The quantitative estimate of drug-likeness (QED) is 0.811. The Kier molecular flexibility index (Phi) is 4.23. The Morgan fingerprint density at radius 2 is 2.37 bits per heavy atom. The van der Waals surface area contributed by atoms with Crippen LogP contribution in [-0.2, 0) is 17.8 Å². The van der Waals surface area contributed by atoms with Crippen LogP contribution in [0.25, 0.3) is 0 Å². The number of thiazole rings is 1. The number of aryl methyl sites for hydroxylation is 1. The monoisotopic (exact) mass is 281 g/mol. The Morgan fingerprint density at radius 1 is 1.58 bits per heavy atom. The molecule has 2 aromatic rings. The highest BCUT2D eigenvalue weighted by Gasteiger charge is 2.20. The summed E-state index contributed by atoms with van der Waals surface area (Å²) in [4.78, 5) is 16.0. The molecule has 0 aliphatic heterocycles. The molecule has 7 nitrogen and oxygen atoms in total. The van der Waals surface area contributed by atoms with Crippen molar-refractivity contribution in [2.75, 3.05) is 6.61 Å². The van der Waals surface area contributed by atoms with Crippen LogP contribution in [-0.4, -0.2) is 32.6 Å². The third-order valence-electron chi connectivity index (χ3n) is 2.48. The molecule has 19 heavy (non-hydrogen) atoms. The van der Waals surface area contributed by atoms with E-state index in [0.29, 0.717) is 18.8 Å². The maximum Gasteiger partial charge on any atom is 0.360 e. The lowest BCUT2D eigenvalue weighted by atomic mass is 10.3. The molecular formula is C11H15N5O2S. The van der Waals surface area contributed by atoms with Crippen molar-refractivity contribution in [2.45, 2.75) is 26.9 Å². The van der Waals surface area contributed by atoms with Gasteiger partial charge < -0.3 is 10.5 Å². The standard InChI is InChI=1S/C11H15N5O2S/c1-3-18-11(17)10-9(4-12)16(15-14-10)5-8-6-19-7(2)13-8/h6H,3-5,12H2,1-2H3. The number of esters is 1. The van der Waals surface area contributed by atoms with Gasteiger partial charge in [-0.1, -0.05) is 5.21 Å². The molecule has 2 N–H and O–H groups in total. The highest BCUT2D eigenvalue weighted by Crippen LogP contribution is 2.12. The van der Waals surface area contributed by atoms with Crippen LogP contribution in [0, 0.1) is 6.92 Å². The molecule has 2 aromatic heterocycles. The normalized spacial score (nSPS) is 10.7. The average Bonchev–Trinajstić information content (AvgIpc) is 2.96. The van der Waals surface area contributed by atoms with Gasteiger partial charge in [0.25, 0.3) is 0 Å². The minimum Gasteiger partial charge on any atom is -0.461 e. The molecular weight excluding hydrogens is 266 g/mol. The molecule has 2 heterocycles. The zero-order chi connectivity index (χ0) is 13.8. The lowest BCUT2D eigenvalue weighted by Crippen LogP contribution is -2.15. The van der Waals surface area contributed by atoms with Gasteiger partial charge in [0, 0.05) is 11.9 Å². The molecule has 0 saturated heterocycles. The van der Waals surface area contributed by atoms with Gasteiger partial charge in [-0.3, -0.25) is 0 Å². The summed E-state index contributed by atoms with van der Waals surface area (Å²) in [6.45, 7) is 4.58. The molecule has 0 spiro atoms. The van der Waals surface area contributed by atoms with Gasteiger partial charge in [0.2, 0.25) is 0 Å². The van der Waals surface area contributed by atoms with E-state index in [4.69, 9.17) is 10.5 Å². The van der Waals surface area contributed by atoms with E-state index in [1.165, 1.54) is 0 Å². The zero-order valence-corrected chi connectivity index (χ0v) is 11.6. The number of carbonyl (C=O) groups excluding carboxylic acids is 1. The van der Waals surface area contributed by atoms with Crippen LogP contribution in [0.1, 0.15) is 33.8 Å². The van der Waals surface area contributed by atoms with E-state index in [-0.39, 0.29) is 12.2 Å². The molecule has 0 aliphatic rings. The van der Waals surface area contributed by atoms with E-state index in [2.05, 4.69) is 15.3 Å². The smallest absolute Gasteiger partial charge is 0.360 e. The van der Waals surface area contributed by atoms with Crippen molar-refractivity contribution in [3.63, 3.8) is 0 Å². The minimum absolute atomic E-state index is 0.171. The fourth-order valence-electron chi connectivity index (χ4n) is 1.65. The number of hydrogen-bond acceptors (Lipinski definition) is 7. The Morgan fingerprint density at radius 3 is 2.95 bits per heavy atom. The van der Waals surface area contributed by atoms with Crippen molar-refractivity contribution in [3.05, 3.63) is 27.5 Å². The lowest BCUT2D eigenvalue weighted by Gasteiger charge is -2.04. The molecule has 0 atom stereocenters. The van der Waals surface area contributed by atoms with Crippen LogP contribution in [0.3, 0.4) is 0 Å². The van der Waals surface area contributed by atoms with Gasteiger partial charge in [-0.2, -0.15) is 0 Å². The number of ether oxygens (including phenoxy) is 1. The summed E-state index contributed by atoms with van der Waals surface area (Å²) in [7, 11) is 0. The van der Waals surface area contributed by atoms with Gasteiger partial charge in [-0.05, 0) is 13.8 Å². The molecule has 0 aromatic carbocycles. The molecule has 8 heteroatoms. The predicted molar refractivity (Wildman–Crippen MR) is 69.8 cm³/mol. The molecule has 0 radical (unpaired) electrons. The summed E-state index contributed by atoms with van der Waals surface area (Å²) < 4.78 is 6.50.